The summed E-state index contributed by atoms with van der Waals surface area (Å²) in [4.78, 5) is 17.4. The zero-order chi connectivity index (χ0) is 16.8. The molecule has 1 saturated heterocycles. The Balaban J connectivity index is 1.37. The Hall–Kier alpha value is -2.14. The highest BCUT2D eigenvalue weighted by molar-refractivity contribution is 5.87. The zero-order valence-electron chi connectivity index (χ0n) is 14.0. The topological polar surface area (TPSA) is 58.4 Å². The molecule has 1 N–H and O–H groups in total. The predicted octanol–water partition coefficient (Wildman–Crippen LogP) is 3.27. The van der Waals surface area contributed by atoms with Gasteiger partial charge in [-0.2, -0.15) is 0 Å². The number of carboxylic acids is 1. The Morgan fingerprint density at radius 3 is 2.58 bits per heavy atom. The van der Waals surface area contributed by atoms with E-state index in [1.54, 1.807) is 12.1 Å². The van der Waals surface area contributed by atoms with Gasteiger partial charge in [0, 0.05) is 25.5 Å². The lowest BCUT2D eigenvalue weighted by Crippen LogP contribution is -2.33. The second-order valence-corrected chi connectivity index (χ2v) is 6.66. The number of nitrogens with zero attached hydrogens (tertiary/aromatic N) is 3. The van der Waals surface area contributed by atoms with Crippen molar-refractivity contribution in [2.75, 3.05) is 13.1 Å². The predicted molar refractivity (Wildman–Crippen MR) is 92.9 cm³/mol. The minimum absolute atomic E-state index is 0.357. The van der Waals surface area contributed by atoms with Gasteiger partial charge < -0.3 is 9.67 Å². The van der Waals surface area contributed by atoms with Gasteiger partial charge in [0.15, 0.2) is 0 Å². The van der Waals surface area contributed by atoms with E-state index in [9.17, 15) is 4.79 Å². The summed E-state index contributed by atoms with van der Waals surface area (Å²) in [5.41, 5.74) is 1.55. The van der Waals surface area contributed by atoms with E-state index in [0.29, 0.717) is 5.56 Å². The van der Waals surface area contributed by atoms with Crippen molar-refractivity contribution in [1.29, 1.82) is 0 Å². The van der Waals surface area contributed by atoms with Gasteiger partial charge in [0.05, 0.1) is 11.9 Å². The standard InChI is InChI=1S/C19H25N3O2/c23-19(24)18-5-3-17(4-6-18)14-21-11-7-16(8-12-21)2-1-10-22-13-9-20-15-22/h3-6,9,13,15-16H,1-2,7-8,10-12,14H2,(H,23,24). The minimum Gasteiger partial charge on any atom is -0.478 e. The molecule has 1 aromatic carbocycles. The zero-order valence-corrected chi connectivity index (χ0v) is 14.0. The summed E-state index contributed by atoms with van der Waals surface area (Å²) in [6, 6.07) is 7.25. The Morgan fingerprint density at radius 1 is 1.21 bits per heavy atom. The Morgan fingerprint density at radius 2 is 1.96 bits per heavy atom. The highest BCUT2D eigenvalue weighted by Crippen LogP contribution is 2.23. The molecule has 3 rings (SSSR count). The molecule has 0 radical (unpaired) electrons. The van der Waals surface area contributed by atoms with E-state index in [1.807, 2.05) is 30.9 Å². The fraction of sp³-hybridized carbons (Fsp3) is 0.474. The number of aromatic carboxylic acids is 1. The second-order valence-electron chi connectivity index (χ2n) is 6.66. The number of carbonyl (C=O) groups is 1. The molecular weight excluding hydrogens is 302 g/mol. The first-order valence-electron chi connectivity index (χ1n) is 8.71. The molecule has 0 aliphatic carbocycles. The third-order valence-electron chi connectivity index (χ3n) is 4.90. The third kappa shape index (κ3) is 4.68. The normalized spacial score (nSPS) is 16.3. The van der Waals surface area contributed by atoms with Crippen molar-refractivity contribution in [2.24, 2.45) is 5.92 Å². The minimum atomic E-state index is -0.863. The van der Waals surface area contributed by atoms with Gasteiger partial charge in [0.2, 0.25) is 0 Å². The van der Waals surface area contributed by atoms with Crippen molar-refractivity contribution >= 4 is 5.97 Å². The van der Waals surface area contributed by atoms with Gasteiger partial charge in [0.1, 0.15) is 0 Å². The molecular formula is C19H25N3O2. The molecule has 0 amide bonds. The number of piperidine rings is 1. The van der Waals surface area contributed by atoms with Crippen LogP contribution in [0.4, 0.5) is 0 Å². The van der Waals surface area contributed by atoms with Crippen LogP contribution in [0.5, 0.6) is 0 Å². The van der Waals surface area contributed by atoms with E-state index < -0.39 is 5.97 Å². The second kappa shape index (κ2) is 8.11. The van der Waals surface area contributed by atoms with Crippen LogP contribution in [0.1, 0.15) is 41.6 Å². The van der Waals surface area contributed by atoms with Crippen LogP contribution < -0.4 is 0 Å². The molecule has 1 fully saturated rings. The maximum absolute atomic E-state index is 10.9. The number of hydrogen-bond acceptors (Lipinski definition) is 3. The smallest absolute Gasteiger partial charge is 0.335 e. The van der Waals surface area contributed by atoms with Gasteiger partial charge in [-0.05, 0) is 62.4 Å². The molecule has 0 spiro atoms. The lowest BCUT2D eigenvalue weighted by atomic mass is 9.92. The van der Waals surface area contributed by atoms with Crippen molar-refractivity contribution < 1.29 is 9.90 Å². The summed E-state index contributed by atoms with van der Waals surface area (Å²) in [6.45, 7) is 4.25. The van der Waals surface area contributed by atoms with Crippen LogP contribution in [-0.2, 0) is 13.1 Å². The van der Waals surface area contributed by atoms with Gasteiger partial charge in [0.25, 0.3) is 0 Å². The maximum atomic E-state index is 10.9. The van der Waals surface area contributed by atoms with Gasteiger partial charge in [-0.25, -0.2) is 9.78 Å². The number of aryl methyl sites for hydroxylation is 1. The van der Waals surface area contributed by atoms with Crippen LogP contribution in [0.25, 0.3) is 0 Å². The SMILES string of the molecule is O=C(O)c1ccc(CN2CCC(CCCn3ccnc3)CC2)cc1. The van der Waals surface area contributed by atoms with E-state index in [4.69, 9.17) is 5.11 Å². The molecule has 0 bridgehead atoms. The summed E-state index contributed by atoms with van der Waals surface area (Å²) < 4.78 is 2.15. The highest BCUT2D eigenvalue weighted by Gasteiger charge is 2.19. The van der Waals surface area contributed by atoms with Crippen LogP contribution >= 0.6 is 0 Å². The number of imidazole rings is 1. The molecule has 5 heteroatoms. The Bertz CT molecular complexity index is 629. The largest absolute Gasteiger partial charge is 0.478 e. The van der Waals surface area contributed by atoms with Crippen LogP contribution in [0.2, 0.25) is 0 Å². The number of carboxylic acid groups (broad SMARTS) is 1. The molecule has 2 heterocycles. The fourth-order valence-corrected chi connectivity index (χ4v) is 3.43. The van der Waals surface area contributed by atoms with Gasteiger partial charge in [-0.3, -0.25) is 4.90 Å². The first kappa shape index (κ1) is 16.7. The van der Waals surface area contributed by atoms with Crippen LogP contribution in [0.15, 0.2) is 43.0 Å². The van der Waals surface area contributed by atoms with Crippen LogP contribution in [0, 0.1) is 5.92 Å². The molecule has 5 nitrogen and oxygen atoms in total. The maximum Gasteiger partial charge on any atom is 0.335 e. The average Bonchev–Trinajstić information content (AvgIpc) is 3.10. The molecule has 0 atom stereocenters. The molecule has 128 valence electrons. The van der Waals surface area contributed by atoms with Crippen molar-refractivity contribution in [3.8, 4) is 0 Å². The Kier molecular flexibility index (Phi) is 5.64. The lowest BCUT2D eigenvalue weighted by molar-refractivity contribution is 0.0697. The lowest BCUT2D eigenvalue weighted by Gasteiger charge is -2.32. The molecule has 1 aliphatic heterocycles. The number of benzene rings is 1. The Labute approximate surface area is 142 Å². The summed E-state index contributed by atoms with van der Waals surface area (Å²) in [5.74, 6) is -0.0304. The van der Waals surface area contributed by atoms with E-state index >= 15 is 0 Å². The van der Waals surface area contributed by atoms with Gasteiger partial charge >= 0.3 is 5.97 Å². The molecule has 2 aromatic rings. The molecule has 0 saturated carbocycles. The van der Waals surface area contributed by atoms with Crippen LogP contribution in [-0.4, -0.2) is 38.6 Å². The van der Waals surface area contributed by atoms with E-state index in [1.165, 1.54) is 31.2 Å². The summed E-state index contributed by atoms with van der Waals surface area (Å²) >= 11 is 0. The number of hydrogen-bond donors (Lipinski definition) is 1. The first-order chi connectivity index (χ1) is 11.7. The monoisotopic (exact) mass is 327 g/mol. The average molecular weight is 327 g/mol. The van der Waals surface area contributed by atoms with E-state index in [0.717, 1.165) is 32.1 Å². The van der Waals surface area contributed by atoms with Crippen LogP contribution in [0.3, 0.4) is 0 Å². The summed E-state index contributed by atoms with van der Waals surface area (Å²) in [6.07, 6.45) is 10.8. The summed E-state index contributed by atoms with van der Waals surface area (Å²) in [5, 5.41) is 8.94. The molecule has 1 aromatic heterocycles. The highest BCUT2D eigenvalue weighted by atomic mass is 16.4. The summed E-state index contributed by atoms with van der Waals surface area (Å²) in [7, 11) is 0. The van der Waals surface area contributed by atoms with Crippen molar-refractivity contribution in [2.45, 2.75) is 38.8 Å². The molecule has 0 unspecified atom stereocenters. The number of rotatable bonds is 7. The number of likely N-dealkylation sites (tertiary alicyclic amines) is 1. The van der Waals surface area contributed by atoms with Gasteiger partial charge in [-0.1, -0.05) is 12.1 Å². The third-order valence-corrected chi connectivity index (χ3v) is 4.90. The van der Waals surface area contributed by atoms with Crippen molar-refractivity contribution in [3.63, 3.8) is 0 Å². The molecule has 1 aliphatic rings. The fourth-order valence-electron chi connectivity index (χ4n) is 3.43. The molecule has 24 heavy (non-hydrogen) atoms. The quantitative estimate of drug-likeness (QED) is 0.848. The van der Waals surface area contributed by atoms with E-state index in [2.05, 4.69) is 14.5 Å². The van der Waals surface area contributed by atoms with Crippen molar-refractivity contribution in [1.82, 2.24) is 14.5 Å². The van der Waals surface area contributed by atoms with Crippen molar-refractivity contribution in [3.05, 3.63) is 54.1 Å². The van der Waals surface area contributed by atoms with Gasteiger partial charge in [-0.15, -0.1) is 0 Å². The first-order valence-corrected chi connectivity index (χ1v) is 8.71. The van der Waals surface area contributed by atoms with E-state index in [-0.39, 0.29) is 0 Å². The number of aromatic nitrogens is 2.